The number of hydrogen-bond acceptors (Lipinski definition) is 2. The summed E-state index contributed by atoms with van der Waals surface area (Å²) in [5.74, 6) is 0.0383. The van der Waals surface area contributed by atoms with Crippen molar-refractivity contribution in [3.8, 4) is 0 Å². The van der Waals surface area contributed by atoms with E-state index in [4.69, 9.17) is 11.6 Å². The largest absolute Gasteiger partial charge is 0.295 e. The Balaban J connectivity index is 2.76. The summed E-state index contributed by atoms with van der Waals surface area (Å²) < 4.78 is 0. The molecule has 0 saturated carbocycles. The number of carbonyl (C=O) groups is 1. The summed E-state index contributed by atoms with van der Waals surface area (Å²) in [6, 6.07) is 7.20. The van der Waals surface area contributed by atoms with Gasteiger partial charge in [0.15, 0.2) is 5.78 Å². The zero-order chi connectivity index (χ0) is 11.0. The number of nitrogens with zero attached hydrogens (tertiary/aromatic N) is 1. The maximum Gasteiger partial charge on any atom is 0.159 e. The molecule has 0 unspecified atom stereocenters. The van der Waals surface area contributed by atoms with Crippen molar-refractivity contribution in [2.24, 2.45) is 0 Å². The molecule has 15 heavy (non-hydrogen) atoms. The first-order chi connectivity index (χ1) is 7.08. The van der Waals surface area contributed by atoms with Gasteiger partial charge in [-0.15, -0.1) is 0 Å². The molecule has 2 nitrogen and oxygen atoms in total. The van der Waals surface area contributed by atoms with E-state index in [9.17, 15) is 4.79 Å². The van der Waals surface area contributed by atoms with Gasteiger partial charge in [-0.1, -0.05) is 23.7 Å². The van der Waals surface area contributed by atoms with Gasteiger partial charge >= 0.3 is 0 Å². The van der Waals surface area contributed by atoms with Gasteiger partial charge in [-0.3, -0.25) is 9.78 Å². The van der Waals surface area contributed by atoms with E-state index in [1.54, 1.807) is 19.1 Å². The lowest BCUT2D eigenvalue weighted by Crippen LogP contribution is -1.93. The van der Waals surface area contributed by atoms with Crippen LogP contribution in [0.5, 0.6) is 0 Å². The molecule has 3 heteroatoms. The van der Waals surface area contributed by atoms with Crippen LogP contribution >= 0.6 is 11.6 Å². The fourth-order valence-corrected chi connectivity index (χ4v) is 1.85. The first-order valence-corrected chi connectivity index (χ1v) is 5.03. The lowest BCUT2D eigenvalue weighted by Gasteiger charge is -2.03. The SMILES string of the molecule is CC(=O)c1ccc2c(Cl)cc(C)nc2c1. The van der Waals surface area contributed by atoms with Gasteiger partial charge in [0.1, 0.15) is 0 Å². The zero-order valence-corrected chi connectivity index (χ0v) is 9.30. The normalized spacial score (nSPS) is 10.6. The predicted octanol–water partition coefficient (Wildman–Crippen LogP) is 3.40. The molecule has 1 aromatic heterocycles. The van der Waals surface area contributed by atoms with Crippen LogP contribution in [0.1, 0.15) is 23.0 Å². The molecule has 0 aliphatic carbocycles. The second-order valence-electron chi connectivity index (χ2n) is 3.53. The van der Waals surface area contributed by atoms with E-state index >= 15 is 0 Å². The van der Waals surface area contributed by atoms with Gasteiger partial charge in [-0.25, -0.2) is 0 Å². The Labute approximate surface area is 92.9 Å². The minimum atomic E-state index is 0.0383. The number of aryl methyl sites for hydroxylation is 1. The van der Waals surface area contributed by atoms with Crippen molar-refractivity contribution >= 4 is 28.3 Å². The third kappa shape index (κ3) is 1.85. The highest BCUT2D eigenvalue weighted by atomic mass is 35.5. The molecule has 0 saturated heterocycles. The summed E-state index contributed by atoms with van der Waals surface area (Å²) in [5, 5.41) is 1.56. The molecule has 0 spiro atoms. The van der Waals surface area contributed by atoms with Crippen molar-refractivity contribution in [3.05, 3.63) is 40.5 Å². The van der Waals surface area contributed by atoms with Crippen LogP contribution in [-0.2, 0) is 0 Å². The van der Waals surface area contributed by atoms with Crippen molar-refractivity contribution in [3.63, 3.8) is 0 Å². The van der Waals surface area contributed by atoms with Gasteiger partial charge < -0.3 is 0 Å². The minimum absolute atomic E-state index is 0.0383. The molecule has 0 aliphatic heterocycles. The molecular weight excluding hydrogens is 210 g/mol. The molecule has 0 atom stereocenters. The molecule has 1 heterocycles. The van der Waals surface area contributed by atoms with Crippen molar-refractivity contribution in [1.29, 1.82) is 0 Å². The summed E-state index contributed by atoms with van der Waals surface area (Å²) in [6.07, 6.45) is 0. The van der Waals surface area contributed by atoms with Gasteiger partial charge in [-0.2, -0.15) is 0 Å². The topological polar surface area (TPSA) is 30.0 Å². The van der Waals surface area contributed by atoms with Crippen LogP contribution in [0, 0.1) is 6.92 Å². The monoisotopic (exact) mass is 219 g/mol. The van der Waals surface area contributed by atoms with E-state index in [1.165, 1.54) is 0 Å². The third-order valence-electron chi connectivity index (χ3n) is 2.29. The molecule has 0 bridgehead atoms. The van der Waals surface area contributed by atoms with Gasteiger partial charge in [0.05, 0.1) is 10.5 Å². The summed E-state index contributed by atoms with van der Waals surface area (Å²) in [7, 11) is 0. The summed E-state index contributed by atoms with van der Waals surface area (Å²) in [4.78, 5) is 15.5. The van der Waals surface area contributed by atoms with Crippen LogP contribution in [0.3, 0.4) is 0 Å². The lowest BCUT2D eigenvalue weighted by molar-refractivity contribution is 0.101. The molecule has 0 radical (unpaired) electrons. The zero-order valence-electron chi connectivity index (χ0n) is 8.54. The van der Waals surface area contributed by atoms with E-state index in [0.29, 0.717) is 10.6 Å². The van der Waals surface area contributed by atoms with E-state index < -0.39 is 0 Å². The fourth-order valence-electron chi connectivity index (χ4n) is 1.53. The van der Waals surface area contributed by atoms with E-state index in [0.717, 1.165) is 16.6 Å². The first-order valence-electron chi connectivity index (χ1n) is 4.66. The lowest BCUT2D eigenvalue weighted by atomic mass is 10.1. The molecule has 2 rings (SSSR count). The van der Waals surface area contributed by atoms with Crippen molar-refractivity contribution in [2.75, 3.05) is 0 Å². The Morgan fingerprint density at radius 1 is 1.33 bits per heavy atom. The second-order valence-corrected chi connectivity index (χ2v) is 3.94. The molecule has 76 valence electrons. The van der Waals surface area contributed by atoms with Crippen LogP contribution < -0.4 is 0 Å². The number of aromatic nitrogens is 1. The van der Waals surface area contributed by atoms with E-state index in [-0.39, 0.29) is 5.78 Å². The summed E-state index contributed by atoms with van der Waals surface area (Å²) >= 11 is 6.07. The highest BCUT2D eigenvalue weighted by molar-refractivity contribution is 6.35. The summed E-state index contributed by atoms with van der Waals surface area (Å²) in [5.41, 5.74) is 2.29. The van der Waals surface area contributed by atoms with Crippen LogP contribution in [0.25, 0.3) is 10.9 Å². The molecular formula is C12H10ClNO. The van der Waals surface area contributed by atoms with Crippen molar-refractivity contribution in [1.82, 2.24) is 4.98 Å². The van der Waals surface area contributed by atoms with Crippen molar-refractivity contribution in [2.45, 2.75) is 13.8 Å². The average molecular weight is 220 g/mol. The molecule has 1 aromatic carbocycles. The fraction of sp³-hybridized carbons (Fsp3) is 0.167. The average Bonchev–Trinajstić information content (AvgIpc) is 2.16. The smallest absolute Gasteiger partial charge is 0.159 e. The molecule has 0 amide bonds. The Kier molecular flexibility index (Phi) is 2.45. The number of halogens is 1. The number of pyridine rings is 1. The van der Waals surface area contributed by atoms with Gasteiger partial charge in [0.25, 0.3) is 0 Å². The van der Waals surface area contributed by atoms with Crippen LogP contribution in [0.4, 0.5) is 0 Å². The van der Waals surface area contributed by atoms with Crippen LogP contribution in [0.2, 0.25) is 5.02 Å². The van der Waals surface area contributed by atoms with Crippen molar-refractivity contribution < 1.29 is 4.79 Å². The van der Waals surface area contributed by atoms with Gasteiger partial charge in [0.2, 0.25) is 0 Å². The Morgan fingerprint density at radius 2 is 2.07 bits per heavy atom. The number of carbonyl (C=O) groups excluding carboxylic acids is 1. The van der Waals surface area contributed by atoms with Crippen LogP contribution in [0.15, 0.2) is 24.3 Å². The molecule has 0 N–H and O–H groups in total. The molecule has 2 aromatic rings. The van der Waals surface area contributed by atoms with E-state index in [2.05, 4.69) is 4.98 Å². The Hall–Kier alpha value is -1.41. The number of Topliss-reactive ketones (excluding diaryl/α,β-unsaturated/α-hetero) is 1. The third-order valence-corrected chi connectivity index (χ3v) is 2.61. The van der Waals surface area contributed by atoms with Gasteiger partial charge in [-0.05, 0) is 26.0 Å². The van der Waals surface area contributed by atoms with E-state index in [1.807, 2.05) is 19.1 Å². The highest BCUT2D eigenvalue weighted by Gasteiger charge is 2.05. The van der Waals surface area contributed by atoms with Crippen LogP contribution in [-0.4, -0.2) is 10.8 Å². The predicted molar refractivity (Wildman–Crippen MR) is 61.5 cm³/mol. The number of rotatable bonds is 1. The molecule has 0 fully saturated rings. The summed E-state index contributed by atoms with van der Waals surface area (Å²) in [6.45, 7) is 3.42. The highest BCUT2D eigenvalue weighted by Crippen LogP contribution is 2.23. The number of fused-ring (bicyclic) bond motifs is 1. The second kappa shape index (κ2) is 3.63. The van der Waals surface area contributed by atoms with Gasteiger partial charge in [0, 0.05) is 16.6 Å². The Bertz CT molecular complexity index is 549. The maximum atomic E-state index is 11.2. The maximum absolute atomic E-state index is 11.2. The first kappa shape index (κ1) is 10.1. The number of hydrogen-bond donors (Lipinski definition) is 0. The minimum Gasteiger partial charge on any atom is -0.295 e. The number of benzene rings is 1. The quantitative estimate of drug-likeness (QED) is 0.688. The molecule has 0 aliphatic rings. The Morgan fingerprint density at radius 3 is 2.73 bits per heavy atom. The number of ketones is 1. The standard InChI is InChI=1S/C12H10ClNO/c1-7-5-11(13)10-4-3-9(8(2)15)6-12(10)14-7/h3-6H,1-2H3.